The summed E-state index contributed by atoms with van der Waals surface area (Å²) in [4.78, 5) is 2.94. The van der Waals surface area contributed by atoms with Crippen molar-refractivity contribution in [2.45, 2.75) is 95.2 Å². The molecule has 0 amide bonds. The Hall–Kier alpha value is -0.560. The van der Waals surface area contributed by atoms with Crippen LogP contribution in [0.4, 0.5) is 0 Å². The quantitative estimate of drug-likeness (QED) is 0.398. The first-order valence-electron chi connectivity index (χ1n) is 8.86. The van der Waals surface area contributed by atoms with E-state index in [1.165, 1.54) is 77.0 Å². The van der Waals surface area contributed by atoms with Crippen molar-refractivity contribution in [2.24, 2.45) is 0 Å². The lowest BCUT2D eigenvalue weighted by molar-refractivity contribution is 0.0708. The molecule has 2 fully saturated rings. The minimum absolute atomic E-state index is 0.876. The third-order valence-corrected chi connectivity index (χ3v) is 5.31. The van der Waals surface area contributed by atoms with Gasteiger partial charge in [-0.3, -0.25) is 4.90 Å². The fraction of sp³-hybridized carbons (Fsp3) is 0.789. The average Bonchev–Trinajstić information content (AvgIpc) is 2.88. The largest absolute Gasteiger partial charge is 0.294 e. The normalized spacial score (nSPS) is 30.1. The van der Waals surface area contributed by atoms with Gasteiger partial charge in [-0.05, 0) is 64.2 Å². The summed E-state index contributed by atoms with van der Waals surface area (Å²) in [6.45, 7) is 7.69. The molecule has 2 aliphatic heterocycles. The SMILES string of the molecule is C=CCCCCC1CCC2CCCC(CCCC=C)N12. The number of allylic oxidation sites excluding steroid dienone is 2. The van der Waals surface area contributed by atoms with E-state index < -0.39 is 0 Å². The molecule has 0 N–H and O–H groups in total. The Morgan fingerprint density at radius 1 is 0.800 bits per heavy atom. The first-order chi connectivity index (χ1) is 9.86. The first-order valence-corrected chi connectivity index (χ1v) is 8.86. The molecule has 3 atom stereocenters. The molecule has 2 aliphatic rings. The number of piperidine rings is 1. The van der Waals surface area contributed by atoms with Crippen molar-refractivity contribution in [1.29, 1.82) is 0 Å². The summed E-state index contributed by atoms with van der Waals surface area (Å²) in [5.41, 5.74) is 0. The zero-order valence-electron chi connectivity index (χ0n) is 13.2. The molecule has 20 heavy (non-hydrogen) atoms. The van der Waals surface area contributed by atoms with Crippen LogP contribution in [0, 0.1) is 0 Å². The van der Waals surface area contributed by atoms with Crippen LogP contribution in [0.3, 0.4) is 0 Å². The van der Waals surface area contributed by atoms with E-state index in [9.17, 15) is 0 Å². The Labute approximate surface area is 126 Å². The smallest absolute Gasteiger partial charge is 0.0102 e. The van der Waals surface area contributed by atoms with E-state index in [1.807, 2.05) is 0 Å². The third-order valence-electron chi connectivity index (χ3n) is 5.31. The molecule has 0 radical (unpaired) electrons. The number of unbranched alkanes of at least 4 members (excludes halogenated alkanes) is 3. The second-order valence-electron chi connectivity index (χ2n) is 6.71. The molecule has 0 saturated carbocycles. The first kappa shape index (κ1) is 15.8. The van der Waals surface area contributed by atoms with Gasteiger partial charge in [0, 0.05) is 18.1 Å². The van der Waals surface area contributed by atoms with Gasteiger partial charge in [-0.2, -0.15) is 0 Å². The number of fused-ring (bicyclic) bond motifs is 1. The summed E-state index contributed by atoms with van der Waals surface area (Å²) in [5.74, 6) is 0. The number of hydrogen-bond acceptors (Lipinski definition) is 1. The number of nitrogens with zero attached hydrogens (tertiary/aromatic N) is 1. The van der Waals surface area contributed by atoms with Crippen LogP contribution in [0.1, 0.15) is 77.0 Å². The molecule has 0 aliphatic carbocycles. The summed E-state index contributed by atoms with van der Waals surface area (Å²) < 4.78 is 0. The van der Waals surface area contributed by atoms with Gasteiger partial charge in [0.15, 0.2) is 0 Å². The molecule has 0 bridgehead atoms. The van der Waals surface area contributed by atoms with Crippen LogP contribution < -0.4 is 0 Å². The maximum absolute atomic E-state index is 3.86. The Morgan fingerprint density at radius 3 is 2.30 bits per heavy atom. The zero-order valence-corrected chi connectivity index (χ0v) is 13.2. The molecular weight excluding hydrogens is 242 g/mol. The highest BCUT2D eigenvalue weighted by molar-refractivity contribution is 4.95. The Bertz CT molecular complexity index is 296. The lowest BCUT2D eigenvalue weighted by Crippen LogP contribution is -2.47. The van der Waals surface area contributed by atoms with Crippen molar-refractivity contribution in [3.05, 3.63) is 25.3 Å². The average molecular weight is 275 g/mol. The van der Waals surface area contributed by atoms with Crippen LogP contribution in [0.2, 0.25) is 0 Å². The van der Waals surface area contributed by atoms with E-state index >= 15 is 0 Å². The fourth-order valence-corrected chi connectivity index (χ4v) is 4.36. The highest BCUT2D eigenvalue weighted by atomic mass is 15.2. The summed E-state index contributed by atoms with van der Waals surface area (Å²) in [6, 6.07) is 2.68. The van der Waals surface area contributed by atoms with Crippen molar-refractivity contribution in [1.82, 2.24) is 4.90 Å². The second-order valence-corrected chi connectivity index (χ2v) is 6.71. The molecule has 1 heteroatoms. The van der Waals surface area contributed by atoms with Crippen molar-refractivity contribution in [3.63, 3.8) is 0 Å². The van der Waals surface area contributed by atoms with Crippen LogP contribution in [0.15, 0.2) is 25.3 Å². The fourth-order valence-electron chi connectivity index (χ4n) is 4.36. The van der Waals surface area contributed by atoms with Gasteiger partial charge in [0.1, 0.15) is 0 Å². The van der Waals surface area contributed by atoms with Crippen molar-refractivity contribution < 1.29 is 0 Å². The van der Waals surface area contributed by atoms with E-state index in [1.54, 1.807) is 0 Å². The number of rotatable bonds is 9. The summed E-state index contributed by atoms with van der Waals surface area (Å²) >= 11 is 0. The summed E-state index contributed by atoms with van der Waals surface area (Å²) in [5, 5.41) is 0. The lowest BCUT2D eigenvalue weighted by atomic mass is 9.92. The molecule has 2 saturated heterocycles. The van der Waals surface area contributed by atoms with Gasteiger partial charge in [-0.1, -0.05) is 25.0 Å². The van der Waals surface area contributed by atoms with E-state index in [-0.39, 0.29) is 0 Å². The van der Waals surface area contributed by atoms with Crippen LogP contribution in [-0.2, 0) is 0 Å². The predicted molar refractivity (Wildman–Crippen MR) is 89.0 cm³/mol. The highest BCUT2D eigenvalue weighted by Gasteiger charge is 2.39. The van der Waals surface area contributed by atoms with Gasteiger partial charge in [0.25, 0.3) is 0 Å². The van der Waals surface area contributed by atoms with E-state index in [4.69, 9.17) is 0 Å². The molecule has 2 rings (SSSR count). The van der Waals surface area contributed by atoms with E-state index in [0.717, 1.165) is 18.1 Å². The Kier molecular flexibility index (Phi) is 6.86. The lowest BCUT2D eigenvalue weighted by Gasteiger charge is -2.41. The maximum Gasteiger partial charge on any atom is 0.0102 e. The Balaban J connectivity index is 1.82. The number of hydrogen-bond donors (Lipinski definition) is 0. The minimum atomic E-state index is 0.876. The van der Waals surface area contributed by atoms with Gasteiger partial charge < -0.3 is 0 Å². The topological polar surface area (TPSA) is 3.24 Å². The third kappa shape index (κ3) is 4.22. The highest BCUT2D eigenvalue weighted by Crippen LogP contribution is 2.38. The molecule has 0 spiro atoms. The van der Waals surface area contributed by atoms with Gasteiger partial charge in [0.2, 0.25) is 0 Å². The zero-order chi connectivity index (χ0) is 14.2. The van der Waals surface area contributed by atoms with Crippen LogP contribution in [0.5, 0.6) is 0 Å². The molecule has 0 aromatic rings. The van der Waals surface area contributed by atoms with Crippen LogP contribution >= 0.6 is 0 Å². The maximum atomic E-state index is 3.86. The molecular formula is C19H33N. The summed E-state index contributed by atoms with van der Waals surface area (Å²) in [7, 11) is 0. The van der Waals surface area contributed by atoms with Crippen molar-refractivity contribution >= 4 is 0 Å². The van der Waals surface area contributed by atoms with Gasteiger partial charge in [-0.25, -0.2) is 0 Å². The monoisotopic (exact) mass is 275 g/mol. The predicted octanol–water partition coefficient (Wildman–Crippen LogP) is 5.47. The van der Waals surface area contributed by atoms with Gasteiger partial charge in [-0.15, -0.1) is 13.2 Å². The van der Waals surface area contributed by atoms with Gasteiger partial charge >= 0.3 is 0 Å². The molecule has 0 aromatic heterocycles. The molecule has 1 nitrogen and oxygen atoms in total. The van der Waals surface area contributed by atoms with Crippen LogP contribution in [0.25, 0.3) is 0 Å². The standard InChI is InChI=1S/C19H33N/c1-3-5-7-9-12-18-15-16-19-14-10-13-17(20(18)19)11-8-6-4-2/h3-4,17-19H,1-2,5-16H2. The van der Waals surface area contributed by atoms with E-state index in [0.29, 0.717) is 0 Å². The molecule has 3 unspecified atom stereocenters. The minimum Gasteiger partial charge on any atom is -0.294 e. The molecule has 114 valence electrons. The van der Waals surface area contributed by atoms with Crippen molar-refractivity contribution in [3.8, 4) is 0 Å². The molecule has 2 heterocycles. The molecule has 0 aromatic carbocycles. The van der Waals surface area contributed by atoms with Crippen LogP contribution in [-0.4, -0.2) is 23.0 Å². The van der Waals surface area contributed by atoms with Gasteiger partial charge in [0.05, 0.1) is 0 Å². The van der Waals surface area contributed by atoms with E-state index in [2.05, 4.69) is 30.2 Å². The second kappa shape index (κ2) is 8.67. The van der Waals surface area contributed by atoms with Crippen molar-refractivity contribution in [2.75, 3.05) is 0 Å². The summed E-state index contributed by atoms with van der Waals surface area (Å²) in [6.07, 6.45) is 20.7. The Morgan fingerprint density at radius 2 is 1.50 bits per heavy atom.